The van der Waals surface area contributed by atoms with Gasteiger partial charge in [0.25, 0.3) is 0 Å². The summed E-state index contributed by atoms with van der Waals surface area (Å²) in [5, 5.41) is 4.32. The van der Waals surface area contributed by atoms with Crippen molar-refractivity contribution in [3.63, 3.8) is 0 Å². The number of rotatable bonds is 11. The number of aryl methyl sites for hydroxylation is 2. The van der Waals surface area contributed by atoms with Crippen LogP contribution >= 0.6 is 0 Å². The van der Waals surface area contributed by atoms with E-state index in [1.165, 1.54) is 18.4 Å². The molecular weight excluding hydrogens is 402 g/mol. The first-order valence-corrected chi connectivity index (χ1v) is 11.7. The minimum Gasteiger partial charge on any atom is -0.496 e. The van der Waals surface area contributed by atoms with Crippen LogP contribution in [0.15, 0.2) is 36.5 Å². The van der Waals surface area contributed by atoms with E-state index in [2.05, 4.69) is 46.0 Å². The van der Waals surface area contributed by atoms with E-state index in [4.69, 9.17) is 4.74 Å². The topological polar surface area (TPSA) is 53.8 Å². The van der Waals surface area contributed by atoms with Crippen molar-refractivity contribution in [3.8, 4) is 5.75 Å². The van der Waals surface area contributed by atoms with E-state index >= 15 is 0 Å². The minimum absolute atomic E-state index is 0.226. The van der Waals surface area contributed by atoms with Crippen LogP contribution in [0.3, 0.4) is 0 Å². The van der Waals surface area contributed by atoms with E-state index in [-0.39, 0.29) is 5.91 Å². The van der Waals surface area contributed by atoms with Crippen molar-refractivity contribution >= 4 is 5.91 Å². The summed E-state index contributed by atoms with van der Waals surface area (Å²) >= 11 is 0. The first kappa shape index (κ1) is 24.3. The molecule has 0 unspecified atom stereocenters. The number of amides is 1. The van der Waals surface area contributed by atoms with Gasteiger partial charge in [-0.15, -0.1) is 0 Å². The lowest BCUT2D eigenvalue weighted by Gasteiger charge is -2.36. The lowest BCUT2D eigenvalue weighted by atomic mass is 9.96. The third-order valence-corrected chi connectivity index (χ3v) is 6.30. The molecule has 1 amide bonds. The first-order valence-electron chi connectivity index (χ1n) is 11.7. The van der Waals surface area contributed by atoms with Crippen LogP contribution in [0, 0.1) is 12.8 Å². The monoisotopic (exact) mass is 441 g/mol. The maximum Gasteiger partial charge on any atom is 0.224 e. The standard InChI is InChI=1S/C25H39N5O2/c1-21-11-13-26-30(21)15-12-25(31)29(17-16-27(2)3)19-22-8-7-14-28(18-22)20-23-9-5-6-10-24(23)32-4/h5-6,9-11,13,22H,7-8,12,14-20H2,1-4H3/t22-/m1/s1. The van der Waals surface area contributed by atoms with Gasteiger partial charge >= 0.3 is 0 Å². The Balaban J connectivity index is 1.58. The first-order chi connectivity index (χ1) is 15.5. The van der Waals surface area contributed by atoms with E-state index in [0.29, 0.717) is 18.9 Å². The number of ether oxygens (including phenoxy) is 1. The number of hydrogen-bond acceptors (Lipinski definition) is 5. The SMILES string of the molecule is COc1ccccc1CN1CCC[C@@H](CN(CCN(C)C)C(=O)CCn2nccc2C)C1. The average Bonchev–Trinajstić information content (AvgIpc) is 3.20. The molecule has 1 aliphatic rings. The predicted octanol–water partition coefficient (Wildman–Crippen LogP) is 2.89. The fourth-order valence-electron chi connectivity index (χ4n) is 4.46. The highest BCUT2D eigenvalue weighted by molar-refractivity contribution is 5.76. The Morgan fingerprint density at radius 3 is 2.75 bits per heavy atom. The minimum atomic E-state index is 0.226. The highest BCUT2D eigenvalue weighted by Crippen LogP contribution is 2.24. The molecule has 2 aromatic rings. The Labute approximate surface area is 192 Å². The van der Waals surface area contributed by atoms with Gasteiger partial charge in [-0.3, -0.25) is 14.4 Å². The smallest absolute Gasteiger partial charge is 0.224 e. The average molecular weight is 442 g/mol. The molecule has 176 valence electrons. The highest BCUT2D eigenvalue weighted by atomic mass is 16.5. The molecule has 0 radical (unpaired) electrons. The number of piperidine rings is 1. The fourth-order valence-corrected chi connectivity index (χ4v) is 4.46. The molecule has 1 aliphatic heterocycles. The molecular formula is C25H39N5O2. The van der Waals surface area contributed by atoms with Crippen LogP contribution in [0.4, 0.5) is 0 Å². The van der Waals surface area contributed by atoms with Gasteiger partial charge in [-0.2, -0.15) is 5.10 Å². The molecule has 7 nitrogen and oxygen atoms in total. The van der Waals surface area contributed by atoms with Gasteiger partial charge in [-0.25, -0.2) is 0 Å². The molecule has 0 aliphatic carbocycles. The Morgan fingerprint density at radius 2 is 2.03 bits per heavy atom. The van der Waals surface area contributed by atoms with Gasteiger partial charge in [0.1, 0.15) is 5.75 Å². The highest BCUT2D eigenvalue weighted by Gasteiger charge is 2.25. The summed E-state index contributed by atoms with van der Waals surface area (Å²) < 4.78 is 7.45. The second-order valence-electron chi connectivity index (χ2n) is 9.14. The Hall–Kier alpha value is -2.38. The maximum absolute atomic E-state index is 13.1. The molecule has 1 aromatic heterocycles. The van der Waals surface area contributed by atoms with E-state index in [1.807, 2.05) is 29.8 Å². The molecule has 2 heterocycles. The lowest BCUT2D eigenvalue weighted by Crippen LogP contribution is -2.44. The number of methoxy groups -OCH3 is 1. The van der Waals surface area contributed by atoms with E-state index in [9.17, 15) is 4.79 Å². The number of likely N-dealkylation sites (tertiary alicyclic amines) is 1. The van der Waals surface area contributed by atoms with E-state index in [0.717, 1.165) is 50.7 Å². The summed E-state index contributed by atoms with van der Waals surface area (Å²) in [6, 6.07) is 10.2. The largest absolute Gasteiger partial charge is 0.496 e. The Bertz CT molecular complexity index is 850. The fraction of sp³-hybridized carbons (Fsp3) is 0.600. The van der Waals surface area contributed by atoms with Crippen molar-refractivity contribution in [2.75, 3.05) is 53.9 Å². The molecule has 1 fully saturated rings. The van der Waals surface area contributed by atoms with Crippen LogP contribution in [-0.4, -0.2) is 84.3 Å². The second-order valence-corrected chi connectivity index (χ2v) is 9.14. The number of hydrogen-bond donors (Lipinski definition) is 0. The molecule has 32 heavy (non-hydrogen) atoms. The van der Waals surface area contributed by atoms with Crippen LogP contribution < -0.4 is 4.74 Å². The molecule has 0 saturated carbocycles. The molecule has 1 atom stereocenters. The summed E-state index contributed by atoms with van der Waals surface area (Å²) in [5.41, 5.74) is 2.32. The van der Waals surface area contributed by atoms with Gasteiger partial charge in [0.15, 0.2) is 0 Å². The van der Waals surface area contributed by atoms with Crippen molar-refractivity contribution in [2.45, 2.75) is 39.3 Å². The molecule has 0 spiro atoms. The molecule has 0 bridgehead atoms. The molecule has 1 aromatic carbocycles. The van der Waals surface area contributed by atoms with Crippen LogP contribution in [0.1, 0.15) is 30.5 Å². The number of carbonyl (C=O) groups is 1. The van der Waals surface area contributed by atoms with Crippen molar-refractivity contribution in [1.29, 1.82) is 0 Å². The second kappa shape index (κ2) is 12.0. The van der Waals surface area contributed by atoms with Crippen LogP contribution in [0.2, 0.25) is 0 Å². The third-order valence-electron chi connectivity index (χ3n) is 6.30. The number of carbonyl (C=O) groups excluding carboxylic acids is 1. The maximum atomic E-state index is 13.1. The zero-order chi connectivity index (χ0) is 22.9. The van der Waals surface area contributed by atoms with Gasteiger partial charge in [0.2, 0.25) is 5.91 Å². The van der Waals surface area contributed by atoms with Crippen molar-refractivity contribution in [1.82, 2.24) is 24.5 Å². The third kappa shape index (κ3) is 7.07. The normalized spacial score (nSPS) is 17.0. The number of para-hydroxylation sites is 1. The van der Waals surface area contributed by atoms with E-state index < -0.39 is 0 Å². The van der Waals surface area contributed by atoms with Gasteiger partial charge in [-0.1, -0.05) is 18.2 Å². The summed E-state index contributed by atoms with van der Waals surface area (Å²) in [6.45, 7) is 8.15. The van der Waals surface area contributed by atoms with Crippen LogP contribution in [0.25, 0.3) is 0 Å². The summed E-state index contributed by atoms with van der Waals surface area (Å²) in [4.78, 5) is 19.9. The van der Waals surface area contributed by atoms with Crippen molar-refractivity contribution in [2.24, 2.45) is 5.92 Å². The summed E-state index contributed by atoms with van der Waals surface area (Å²) in [7, 11) is 5.85. The van der Waals surface area contributed by atoms with Gasteiger partial charge in [0.05, 0.1) is 7.11 Å². The Kier molecular flexibility index (Phi) is 9.11. The van der Waals surface area contributed by atoms with E-state index in [1.54, 1.807) is 13.3 Å². The van der Waals surface area contributed by atoms with Crippen molar-refractivity contribution < 1.29 is 9.53 Å². The lowest BCUT2D eigenvalue weighted by molar-refractivity contribution is -0.132. The number of aromatic nitrogens is 2. The predicted molar refractivity (Wildman–Crippen MR) is 128 cm³/mol. The van der Waals surface area contributed by atoms with Gasteiger partial charge in [-0.05, 0) is 58.5 Å². The van der Waals surface area contributed by atoms with Crippen molar-refractivity contribution in [3.05, 3.63) is 47.8 Å². The van der Waals surface area contributed by atoms with Gasteiger partial charge < -0.3 is 14.5 Å². The molecule has 1 saturated heterocycles. The Morgan fingerprint density at radius 1 is 1.22 bits per heavy atom. The number of likely N-dealkylation sites (N-methyl/N-ethyl adjacent to an activating group) is 1. The zero-order valence-corrected chi connectivity index (χ0v) is 20.2. The van der Waals surface area contributed by atoms with Gasteiger partial charge in [0, 0.05) is 63.1 Å². The molecule has 3 rings (SSSR count). The number of benzene rings is 1. The summed E-state index contributed by atoms with van der Waals surface area (Å²) in [6.07, 6.45) is 4.63. The number of nitrogens with zero attached hydrogens (tertiary/aromatic N) is 5. The van der Waals surface area contributed by atoms with Crippen LogP contribution in [-0.2, 0) is 17.9 Å². The summed E-state index contributed by atoms with van der Waals surface area (Å²) in [5.74, 6) is 1.67. The quantitative estimate of drug-likeness (QED) is 0.537. The zero-order valence-electron chi connectivity index (χ0n) is 20.2. The molecule has 7 heteroatoms. The van der Waals surface area contributed by atoms with Crippen LogP contribution in [0.5, 0.6) is 5.75 Å². The molecule has 0 N–H and O–H groups in total.